The number of nitrogens with zero attached hydrogens (tertiary/aromatic N) is 1. The maximum Gasteiger partial charge on any atom is 0.257 e. The van der Waals surface area contributed by atoms with Gasteiger partial charge in [-0.25, -0.2) is 4.39 Å². The Bertz CT molecular complexity index is 468. The first-order valence-corrected chi connectivity index (χ1v) is 6.69. The fraction of sp³-hybridized carbons (Fsp3) is 0.364. The van der Waals surface area contributed by atoms with Crippen LogP contribution in [0.15, 0.2) is 18.2 Å². The van der Waals surface area contributed by atoms with E-state index < -0.39 is 16.6 Å². The predicted molar refractivity (Wildman–Crippen MR) is 61.8 cm³/mol. The zero-order chi connectivity index (χ0) is 12.4. The molecule has 0 bridgehead atoms. The van der Waals surface area contributed by atoms with Crippen LogP contribution in [-0.2, 0) is 10.8 Å². The van der Waals surface area contributed by atoms with Crippen molar-refractivity contribution in [3.63, 3.8) is 0 Å². The molecule has 1 aliphatic rings. The number of hydrogen-bond acceptors (Lipinski definition) is 3. The summed E-state index contributed by atoms with van der Waals surface area (Å²) < 4.78 is 23.9. The number of halogens is 1. The third-order valence-corrected chi connectivity index (χ3v) is 3.93. The molecular weight excluding hydrogens is 245 g/mol. The summed E-state index contributed by atoms with van der Waals surface area (Å²) in [5.41, 5.74) is 0.0825. The van der Waals surface area contributed by atoms with Gasteiger partial charge in [0, 0.05) is 41.5 Å². The average Bonchev–Trinajstić information content (AvgIpc) is 2.29. The normalized spacial score (nSPS) is 17.1. The lowest BCUT2D eigenvalue weighted by molar-refractivity contribution is 0.0768. The van der Waals surface area contributed by atoms with Gasteiger partial charge in [0.1, 0.15) is 11.6 Å². The van der Waals surface area contributed by atoms with Gasteiger partial charge in [0.15, 0.2) is 0 Å². The van der Waals surface area contributed by atoms with Crippen molar-refractivity contribution < 1.29 is 18.5 Å². The first kappa shape index (κ1) is 12.0. The Morgan fingerprint density at radius 2 is 2.00 bits per heavy atom. The van der Waals surface area contributed by atoms with Crippen LogP contribution in [0.3, 0.4) is 0 Å². The zero-order valence-electron chi connectivity index (χ0n) is 9.06. The van der Waals surface area contributed by atoms with Crippen molar-refractivity contribution in [1.29, 1.82) is 0 Å². The van der Waals surface area contributed by atoms with Crippen LogP contribution in [-0.4, -0.2) is 44.7 Å². The van der Waals surface area contributed by atoms with E-state index in [1.54, 1.807) is 0 Å². The minimum atomic E-state index is -0.859. The SMILES string of the molecule is O=C(c1ccc(F)cc1O)N1CCS(=O)CC1. The predicted octanol–water partition coefficient (Wildman–Crippen LogP) is 0.736. The van der Waals surface area contributed by atoms with Gasteiger partial charge in [-0.15, -0.1) is 0 Å². The molecule has 6 heteroatoms. The maximum atomic E-state index is 12.8. The van der Waals surface area contributed by atoms with Crippen LogP contribution in [0.1, 0.15) is 10.4 Å². The van der Waals surface area contributed by atoms with Gasteiger partial charge in [0.25, 0.3) is 5.91 Å². The molecule has 0 aromatic heterocycles. The van der Waals surface area contributed by atoms with E-state index in [9.17, 15) is 18.5 Å². The number of rotatable bonds is 1. The number of phenols is 1. The number of hydrogen-bond donors (Lipinski definition) is 1. The number of benzene rings is 1. The van der Waals surface area contributed by atoms with Gasteiger partial charge in [0.2, 0.25) is 0 Å². The van der Waals surface area contributed by atoms with Crippen LogP contribution in [0.25, 0.3) is 0 Å². The average molecular weight is 257 g/mol. The molecule has 1 amide bonds. The minimum absolute atomic E-state index is 0.0825. The summed E-state index contributed by atoms with van der Waals surface area (Å²) in [4.78, 5) is 13.5. The van der Waals surface area contributed by atoms with Crippen molar-refractivity contribution in [1.82, 2.24) is 4.90 Å². The van der Waals surface area contributed by atoms with Crippen molar-refractivity contribution in [2.75, 3.05) is 24.6 Å². The number of aromatic hydroxyl groups is 1. The molecule has 4 nitrogen and oxygen atoms in total. The third kappa shape index (κ3) is 2.63. The maximum absolute atomic E-state index is 12.8. The van der Waals surface area contributed by atoms with E-state index in [1.807, 2.05) is 0 Å². The molecule has 0 saturated carbocycles. The first-order chi connectivity index (χ1) is 8.08. The van der Waals surface area contributed by atoms with E-state index >= 15 is 0 Å². The van der Waals surface area contributed by atoms with Crippen LogP contribution in [0.5, 0.6) is 5.75 Å². The fourth-order valence-electron chi connectivity index (χ4n) is 1.70. The summed E-state index contributed by atoms with van der Waals surface area (Å²) >= 11 is 0. The molecule has 17 heavy (non-hydrogen) atoms. The summed E-state index contributed by atoms with van der Waals surface area (Å²) in [5.74, 6) is -0.388. The molecule has 0 atom stereocenters. The highest BCUT2D eigenvalue weighted by molar-refractivity contribution is 7.85. The van der Waals surface area contributed by atoms with Crippen molar-refractivity contribution in [2.24, 2.45) is 0 Å². The van der Waals surface area contributed by atoms with Gasteiger partial charge in [-0.1, -0.05) is 0 Å². The lowest BCUT2D eigenvalue weighted by atomic mass is 10.1. The second-order valence-corrected chi connectivity index (χ2v) is 5.50. The Balaban J connectivity index is 2.16. The van der Waals surface area contributed by atoms with E-state index in [0.29, 0.717) is 24.6 Å². The molecule has 1 aromatic rings. The van der Waals surface area contributed by atoms with Crippen LogP contribution in [0.4, 0.5) is 4.39 Å². The Morgan fingerprint density at radius 3 is 2.59 bits per heavy atom. The molecule has 0 aliphatic carbocycles. The molecule has 1 aliphatic heterocycles. The molecule has 1 fully saturated rings. The summed E-state index contributed by atoms with van der Waals surface area (Å²) in [6.07, 6.45) is 0. The highest BCUT2D eigenvalue weighted by atomic mass is 32.2. The number of amides is 1. The third-order valence-electron chi connectivity index (χ3n) is 2.66. The van der Waals surface area contributed by atoms with Crippen LogP contribution >= 0.6 is 0 Å². The van der Waals surface area contributed by atoms with E-state index in [1.165, 1.54) is 11.0 Å². The van der Waals surface area contributed by atoms with Crippen molar-refractivity contribution in [3.05, 3.63) is 29.6 Å². The lowest BCUT2D eigenvalue weighted by Gasteiger charge is -2.26. The quantitative estimate of drug-likeness (QED) is 0.807. The van der Waals surface area contributed by atoms with Gasteiger partial charge in [0.05, 0.1) is 5.56 Å². The van der Waals surface area contributed by atoms with Gasteiger partial charge >= 0.3 is 0 Å². The molecule has 0 spiro atoms. The Morgan fingerprint density at radius 1 is 1.35 bits per heavy atom. The number of carbonyl (C=O) groups is 1. The second-order valence-electron chi connectivity index (χ2n) is 3.80. The Kier molecular flexibility index (Phi) is 3.42. The molecule has 0 radical (unpaired) electrons. The van der Waals surface area contributed by atoms with Gasteiger partial charge in [-0.3, -0.25) is 9.00 Å². The van der Waals surface area contributed by atoms with Crippen LogP contribution in [0.2, 0.25) is 0 Å². The number of carbonyl (C=O) groups excluding carboxylic acids is 1. The summed E-state index contributed by atoms with van der Waals surface area (Å²) in [6.45, 7) is 0.810. The summed E-state index contributed by atoms with van der Waals surface area (Å²) in [7, 11) is -0.859. The molecule has 1 N–H and O–H groups in total. The molecular formula is C11H12FNO3S. The van der Waals surface area contributed by atoms with E-state index in [-0.39, 0.29) is 17.2 Å². The number of phenolic OH excluding ortho intramolecular Hbond substituents is 1. The van der Waals surface area contributed by atoms with Crippen molar-refractivity contribution in [3.8, 4) is 5.75 Å². The molecule has 1 heterocycles. The van der Waals surface area contributed by atoms with Crippen molar-refractivity contribution in [2.45, 2.75) is 0 Å². The van der Waals surface area contributed by atoms with Gasteiger partial charge in [-0.2, -0.15) is 0 Å². The standard InChI is InChI=1S/C11H12FNO3S/c12-8-1-2-9(10(14)7-8)11(15)13-3-5-17(16)6-4-13/h1-2,7,14H,3-6H2. The Labute approximate surface area is 101 Å². The second kappa shape index (κ2) is 4.83. The van der Waals surface area contributed by atoms with Gasteiger partial charge in [-0.05, 0) is 12.1 Å². The van der Waals surface area contributed by atoms with E-state index in [2.05, 4.69) is 0 Å². The fourth-order valence-corrected chi connectivity index (χ4v) is 2.75. The highest BCUT2D eigenvalue weighted by Crippen LogP contribution is 2.20. The van der Waals surface area contributed by atoms with Crippen molar-refractivity contribution >= 4 is 16.7 Å². The molecule has 1 aromatic carbocycles. The van der Waals surface area contributed by atoms with Gasteiger partial charge < -0.3 is 10.0 Å². The zero-order valence-corrected chi connectivity index (χ0v) is 9.87. The summed E-state index contributed by atoms with van der Waals surface area (Å²) in [5, 5.41) is 9.50. The lowest BCUT2D eigenvalue weighted by Crippen LogP contribution is -2.41. The largest absolute Gasteiger partial charge is 0.507 e. The van der Waals surface area contributed by atoms with Crippen LogP contribution in [0, 0.1) is 5.82 Å². The molecule has 1 saturated heterocycles. The Hall–Kier alpha value is -1.43. The highest BCUT2D eigenvalue weighted by Gasteiger charge is 2.23. The van der Waals surface area contributed by atoms with Crippen LogP contribution < -0.4 is 0 Å². The van der Waals surface area contributed by atoms with E-state index in [0.717, 1.165) is 12.1 Å². The molecule has 92 valence electrons. The van der Waals surface area contributed by atoms with E-state index in [4.69, 9.17) is 0 Å². The monoisotopic (exact) mass is 257 g/mol. The molecule has 2 rings (SSSR count). The topological polar surface area (TPSA) is 57.6 Å². The smallest absolute Gasteiger partial charge is 0.257 e. The molecule has 0 unspecified atom stereocenters. The first-order valence-electron chi connectivity index (χ1n) is 5.20. The summed E-state index contributed by atoms with van der Waals surface area (Å²) in [6, 6.07) is 3.31. The minimum Gasteiger partial charge on any atom is -0.507 e.